The van der Waals surface area contributed by atoms with E-state index in [4.69, 9.17) is 14.6 Å². The molecule has 2 aromatic rings. The number of para-hydroxylation sites is 1. The molecule has 0 bridgehead atoms. The Kier molecular flexibility index (Phi) is 12.2. The minimum absolute atomic E-state index is 0.0500. The van der Waals surface area contributed by atoms with E-state index in [0.29, 0.717) is 45.6 Å². The fourth-order valence-corrected chi connectivity index (χ4v) is 4.35. The molecule has 0 aliphatic carbocycles. The maximum Gasteiger partial charge on any atom is 0.404 e. The third-order valence-electron chi connectivity index (χ3n) is 5.99. The number of fused-ring (bicyclic) bond motifs is 1. The molecule has 0 fully saturated rings. The molecule has 0 saturated carbocycles. The number of carbonyl (C=O) groups excluding carboxylic acids is 1. The summed E-state index contributed by atoms with van der Waals surface area (Å²) in [6, 6.07) is 9.10. The van der Waals surface area contributed by atoms with Crippen LogP contribution < -0.4 is 10.6 Å². The summed E-state index contributed by atoms with van der Waals surface area (Å²) in [4.78, 5) is 31.4. The first-order valence-corrected chi connectivity index (χ1v) is 13.2. The van der Waals surface area contributed by atoms with Crippen LogP contribution in [0.1, 0.15) is 66.4 Å². The molecule has 9 nitrogen and oxygen atoms in total. The molecule has 2 unspecified atom stereocenters. The van der Waals surface area contributed by atoms with Crippen molar-refractivity contribution in [3.8, 4) is 0 Å². The predicted molar refractivity (Wildman–Crippen MR) is 145 cm³/mol. The summed E-state index contributed by atoms with van der Waals surface area (Å²) in [5.41, 5.74) is 1.51. The van der Waals surface area contributed by atoms with Crippen molar-refractivity contribution in [1.82, 2.24) is 20.5 Å². The summed E-state index contributed by atoms with van der Waals surface area (Å²) in [6.45, 7) is 13.5. The maximum atomic E-state index is 14.2. The summed E-state index contributed by atoms with van der Waals surface area (Å²) in [5.74, 6) is -0.0500. The monoisotopic (exact) mass is 516 g/mol. The van der Waals surface area contributed by atoms with Crippen molar-refractivity contribution in [1.29, 1.82) is 0 Å². The lowest BCUT2D eigenvalue weighted by atomic mass is 10.0. The zero-order valence-electron chi connectivity index (χ0n) is 23.1. The number of nitrogens with one attached hydrogen (secondary N) is 2. The molecule has 1 aromatic heterocycles. The highest BCUT2D eigenvalue weighted by molar-refractivity contribution is 5.84. The lowest BCUT2D eigenvalue weighted by Gasteiger charge is -2.38. The molecule has 37 heavy (non-hydrogen) atoms. The molecule has 2 amide bonds. The van der Waals surface area contributed by atoms with Crippen molar-refractivity contribution in [3.05, 3.63) is 42.1 Å². The Bertz CT molecular complexity index is 983. The summed E-state index contributed by atoms with van der Waals surface area (Å²) >= 11 is 0. The second-order valence-electron chi connectivity index (χ2n) is 10.2. The number of pyridine rings is 1. The van der Waals surface area contributed by atoms with Crippen LogP contribution in [-0.4, -0.2) is 70.7 Å². The highest BCUT2D eigenvalue weighted by atomic mass is 16.7. The second kappa shape index (κ2) is 14.9. The molecule has 9 heteroatoms. The van der Waals surface area contributed by atoms with Crippen LogP contribution in [0.5, 0.6) is 0 Å². The van der Waals surface area contributed by atoms with E-state index in [-0.39, 0.29) is 17.5 Å². The van der Waals surface area contributed by atoms with Gasteiger partial charge in [-0.3, -0.25) is 9.78 Å². The fourth-order valence-electron chi connectivity index (χ4n) is 4.35. The number of ether oxygens (including phenoxy) is 2. The van der Waals surface area contributed by atoms with E-state index in [2.05, 4.69) is 15.6 Å². The molecule has 0 radical (unpaired) electrons. The number of carboxylic acid groups (broad SMARTS) is 1. The standard InChI is InChI=1S/C28H44N4O5/c1-7-36-26(37-8-2)20(3)32(19-22-14-11-13-21-15-12-18-29-24(21)22)25(33)23(31-28(4,5)6)16-9-10-17-30-27(34)35/h11-15,18,20,23,26,30-31H,7-10,16-17,19H2,1-6H3,(H,34,35). The zero-order valence-corrected chi connectivity index (χ0v) is 23.1. The largest absolute Gasteiger partial charge is 0.465 e. The second-order valence-corrected chi connectivity index (χ2v) is 10.2. The van der Waals surface area contributed by atoms with E-state index in [9.17, 15) is 9.59 Å². The molecule has 0 saturated heterocycles. The maximum absolute atomic E-state index is 14.2. The van der Waals surface area contributed by atoms with E-state index < -0.39 is 18.4 Å². The third-order valence-corrected chi connectivity index (χ3v) is 5.99. The predicted octanol–water partition coefficient (Wildman–Crippen LogP) is 4.55. The van der Waals surface area contributed by atoms with Gasteiger partial charge in [-0.15, -0.1) is 0 Å². The minimum atomic E-state index is -1.04. The average Bonchev–Trinajstić information content (AvgIpc) is 2.84. The number of rotatable bonds is 15. The van der Waals surface area contributed by atoms with Gasteiger partial charge in [0.1, 0.15) is 0 Å². The van der Waals surface area contributed by atoms with E-state index >= 15 is 0 Å². The molecule has 1 heterocycles. The van der Waals surface area contributed by atoms with Gasteiger partial charge in [0.15, 0.2) is 6.29 Å². The molecule has 1 aromatic carbocycles. The Hall–Kier alpha value is -2.75. The van der Waals surface area contributed by atoms with Gasteiger partial charge in [-0.25, -0.2) is 4.79 Å². The first-order chi connectivity index (χ1) is 17.6. The first kappa shape index (κ1) is 30.5. The topological polar surface area (TPSA) is 113 Å². The van der Waals surface area contributed by atoms with Gasteiger partial charge < -0.3 is 30.1 Å². The van der Waals surface area contributed by atoms with Gasteiger partial charge in [-0.1, -0.05) is 24.3 Å². The lowest BCUT2D eigenvalue weighted by molar-refractivity contribution is -0.180. The molecular formula is C28H44N4O5. The smallest absolute Gasteiger partial charge is 0.404 e. The van der Waals surface area contributed by atoms with Crippen molar-refractivity contribution >= 4 is 22.9 Å². The van der Waals surface area contributed by atoms with Crippen molar-refractivity contribution in [2.45, 2.75) is 91.3 Å². The highest BCUT2D eigenvalue weighted by Crippen LogP contribution is 2.23. The van der Waals surface area contributed by atoms with Crippen molar-refractivity contribution in [3.63, 3.8) is 0 Å². The summed E-state index contributed by atoms with van der Waals surface area (Å²) in [7, 11) is 0. The van der Waals surface area contributed by atoms with Crippen LogP contribution in [0.2, 0.25) is 0 Å². The van der Waals surface area contributed by atoms with Crippen LogP contribution in [0.15, 0.2) is 36.5 Å². The van der Waals surface area contributed by atoms with Gasteiger partial charge in [0, 0.05) is 43.4 Å². The number of hydrogen-bond acceptors (Lipinski definition) is 6. The van der Waals surface area contributed by atoms with Crippen LogP contribution in [-0.2, 0) is 20.8 Å². The van der Waals surface area contributed by atoms with Gasteiger partial charge in [0.25, 0.3) is 0 Å². The van der Waals surface area contributed by atoms with E-state index in [1.165, 1.54) is 0 Å². The number of carbonyl (C=O) groups is 2. The third kappa shape index (κ3) is 9.91. The molecule has 3 N–H and O–H groups in total. The number of hydrogen-bond donors (Lipinski definition) is 3. The van der Waals surface area contributed by atoms with E-state index in [1.54, 1.807) is 6.20 Å². The van der Waals surface area contributed by atoms with Gasteiger partial charge in [-0.2, -0.15) is 0 Å². The Morgan fingerprint density at radius 3 is 2.38 bits per heavy atom. The number of benzene rings is 1. The van der Waals surface area contributed by atoms with Crippen molar-refractivity contribution < 1.29 is 24.2 Å². The fraction of sp³-hybridized carbons (Fsp3) is 0.607. The van der Waals surface area contributed by atoms with Gasteiger partial charge in [0.05, 0.1) is 17.6 Å². The first-order valence-electron chi connectivity index (χ1n) is 13.2. The molecule has 0 aliphatic heterocycles. The van der Waals surface area contributed by atoms with Crippen molar-refractivity contribution in [2.75, 3.05) is 19.8 Å². The van der Waals surface area contributed by atoms with Gasteiger partial charge >= 0.3 is 6.09 Å². The lowest BCUT2D eigenvalue weighted by Crippen LogP contribution is -2.56. The van der Waals surface area contributed by atoms with Crippen LogP contribution >= 0.6 is 0 Å². The minimum Gasteiger partial charge on any atom is -0.465 e. The summed E-state index contributed by atoms with van der Waals surface area (Å²) < 4.78 is 11.8. The summed E-state index contributed by atoms with van der Waals surface area (Å²) in [5, 5.41) is 15.7. The SMILES string of the molecule is CCOC(OCC)C(C)N(Cc1cccc2cccnc12)C(=O)C(CCCCNC(=O)O)NC(C)(C)C. The Morgan fingerprint density at radius 1 is 1.08 bits per heavy atom. The van der Waals surface area contributed by atoms with Crippen LogP contribution in [0, 0.1) is 0 Å². The number of unbranched alkanes of at least 4 members (excludes halogenated alkanes) is 1. The van der Waals surface area contributed by atoms with Crippen LogP contribution in [0.25, 0.3) is 10.9 Å². The van der Waals surface area contributed by atoms with Crippen molar-refractivity contribution in [2.24, 2.45) is 0 Å². The van der Waals surface area contributed by atoms with Crippen LogP contribution in [0.4, 0.5) is 4.79 Å². The molecule has 206 valence electrons. The highest BCUT2D eigenvalue weighted by Gasteiger charge is 2.34. The zero-order chi connectivity index (χ0) is 27.4. The van der Waals surface area contributed by atoms with Crippen LogP contribution in [0.3, 0.4) is 0 Å². The number of amides is 2. The van der Waals surface area contributed by atoms with Gasteiger partial charge in [0.2, 0.25) is 5.91 Å². The Labute approximate surface area is 220 Å². The quantitative estimate of drug-likeness (QED) is 0.235. The Balaban J connectivity index is 2.38. The molecule has 2 rings (SSSR count). The Morgan fingerprint density at radius 2 is 1.76 bits per heavy atom. The molecule has 0 aliphatic rings. The molecule has 2 atom stereocenters. The molecular weight excluding hydrogens is 472 g/mol. The molecule has 0 spiro atoms. The summed E-state index contributed by atoms with van der Waals surface area (Å²) in [6.07, 6.45) is 2.06. The van der Waals surface area contributed by atoms with E-state index in [1.807, 2.05) is 76.8 Å². The number of nitrogens with zero attached hydrogens (tertiary/aromatic N) is 2. The average molecular weight is 517 g/mol. The number of aromatic nitrogens is 1. The normalized spacial score (nSPS) is 13.5. The van der Waals surface area contributed by atoms with Gasteiger partial charge in [-0.05, 0) is 72.4 Å². The van der Waals surface area contributed by atoms with E-state index in [0.717, 1.165) is 16.5 Å².